The molecule has 29 heavy (non-hydrogen) atoms. The summed E-state index contributed by atoms with van der Waals surface area (Å²) in [4.78, 5) is 17.3. The van der Waals surface area contributed by atoms with E-state index in [1.54, 1.807) is 12.1 Å². The molecule has 0 spiro atoms. The van der Waals surface area contributed by atoms with E-state index in [9.17, 15) is 14.3 Å². The summed E-state index contributed by atoms with van der Waals surface area (Å²) in [6, 6.07) is 21.6. The van der Waals surface area contributed by atoms with Gasteiger partial charge in [-0.3, -0.25) is 9.69 Å². The highest BCUT2D eigenvalue weighted by Gasteiger charge is 2.17. The first kappa shape index (κ1) is 19.2. The van der Waals surface area contributed by atoms with E-state index in [0.29, 0.717) is 5.56 Å². The summed E-state index contributed by atoms with van der Waals surface area (Å²) >= 11 is 0. The summed E-state index contributed by atoms with van der Waals surface area (Å²) in [7, 11) is 0. The maximum absolute atomic E-state index is 13.5. The van der Waals surface area contributed by atoms with Gasteiger partial charge < -0.3 is 10.0 Å². The molecule has 1 aliphatic heterocycles. The molecule has 1 fully saturated rings. The van der Waals surface area contributed by atoms with Gasteiger partial charge in [0.05, 0.1) is 0 Å². The van der Waals surface area contributed by atoms with Crippen LogP contribution in [0.4, 0.5) is 10.1 Å². The van der Waals surface area contributed by atoms with Gasteiger partial charge in [-0.05, 0) is 35.9 Å². The molecule has 0 atom stereocenters. The Hall–Kier alpha value is -3.18. The highest BCUT2D eigenvalue weighted by atomic mass is 19.1. The van der Waals surface area contributed by atoms with Crippen molar-refractivity contribution in [2.75, 3.05) is 31.1 Å². The Morgan fingerprint density at radius 2 is 1.52 bits per heavy atom. The Morgan fingerprint density at radius 1 is 0.862 bits per heavy atom. The number of piperazine rings is 1. The van der Waals surface area contributed by atoms with E-state index in [4.69, 9.17) is 0 Å². The molecule has 1 aliphatic rings. The number of benzene rings is 3. The van der Waals surface area contributed by atoms with Crippen LogP contribution in [0.15, 0.2) is 72.8 Å². The average Bonchev–Trinajstić information content (AvgIpc) is 2.77. The molecule has 4 rings (SSSR count). The molecule has 4 nitrogen and oxygen atoms in total. The zero-order chi connectivity index (χ0) is 20.2. The number of rotatable bonds is 5. The van der Waals surface area contributed by atoms with Gasteiger partial charge in [0.2, 0.25) is 0 Å². The van der Waals surface area contributed by atoms with Gasteiger partial charge in [0, 0.05) is 49.5 Å². The van der Waals surface area contributed by atoms with E-state index in [-0.39, 0.29) is 11.3 Å². The predicted octanol–water partition coefficient (Wildman–Crippen LogP) is 4.08. The molecule has 0 radical (unpaired) electrons. The lowest BCUT2D eigenvalue weighted by Gasteiger charge is -2.36. The second-order valence-electron chi connectivity index (χ2n) is 7.29. The summed E-state index contributed by atoms with van der Waals surface area (Å²) < 4.78 is 13.5. The quantitative estimate of drug-likeness (QED) is 0.667. The fourth-order valence-corrected chi connectivity index (χ4v) is 3.64. The van der Waals surface area contributed by atoms with Gasteiger partial charge in [0.25, 0.3) is 0 Å². The van der Waals surface area contributed by atoms with Gasteiger partial charge in [0.1, 0.15) is 0 Å². The average molecular weight is 390 g/mol. The highest BCUT2D eigenvalue weighted by molar-refractivity contribution is 6.09. The standard InChI is InChI=1S/C24H23FN2O2/c25-22-16-20(10-11-23(22)28)24(29)19-8-6-18(7-9-19)17-26-12-14-27(15-13-26)21-4-2-1-3-5-21/h1-11,16,28H,12-15,17H2. The monoisotopic (exact) mass is 390 g/mol. The summed E-state index contributed by atoms with van der Waals surface area (Å²) in [5, 5.41) is 9.28. The lowest BCUT2D eigenvalue weighted by molar-refractivity contribution is 0.103. The number of halogens is 1. The van der Waals surface area contributed by atoms with Crippen LogP contribution in [-0.2, 0) is 6.54 Å². The smallest absolute Gasteiger partial charge is 0.193 e. The summed E-state index contributed by atoms with van der Waals surface area (Å²) in [5.41, 5.74) is 3.14. The van der Waals surface area contributed by atoms with E-state index in [0.717, 1.165) is 44.4 Å². The normalized spacial score (nSPS) is 14.7. The number of nitrogens with zero attached hydrogens (tertiary/aromatic N) is 2. The number of ketones is 1. The van der Waals surface area contributed by atoms with Crippen LogP contribution in [-0.4, -0.2) is 42.0 Å². The number of anilines is 1. The molecule has 1 N–H and O–H groups in total. The Bertz CT molecular complexity index is 982. The number of aromatic hydroxyl groups is 1. The molecule has 0 bridgehead atoms. The number of phenols is 1. The summed E-state index contributed by atoms with van der Waals surface area (Å²) in [6.45, 7) is 4.80. The van der Waals surface area contributed by atoms with Crippen molar-refractivity contribution in [1.82, 2.24) is 4.90 Å². The minimum atomic E-state index is -0.790. The van der Waals surface area contributed by atoms with Crippen LogP contribution in [0.5, 0.6) is 5.75 Å². The topological polar surface area (TPSA) is 43.8 Å². The molecule has 0 aromatic heterocycles. The van der Waals surface area contributed by atoms with Crippen molar-refractivity contribution in [2.24, 2.45) is 0 Å². The van der Waals surface area contributed by atoms with Crippen LogP contribution in [0.1, 0.15) is 21.5 Å². The van der Waals surface area contributed by atoms with Gasteiger partial charge in [-0.2, -0.15) is 0 Å². The maximum Gasteiger partial charge on any atom is 0.193 e. The van der Waals surface area contributed by atoms with Crippen molar-refractivity contribution in [3.8, 4) is 5.75 Å². The van der Waals surface area contributed by atoms with Crippen LogP contribution in [0.25, 0.3) is 0 Å². The second-order valence-corrected chi connectivity index (χ2v) is 7.29. The molecular weight excluding hydrogens is 367 g/mol. The van der Waals surface area contributed by atoms with Crippen LogP contribution < -0.4 is 4.90 Å². The zero-order valence-electron chi connectivity index (χ0n) is 16.1. The zero-order valence-corrected chi connectivity index (χ0v) is 16.1. The van der Waals surface area contributed by atoms with E-state index in [1.165, 1.54) is 17.8 Å². The first-order valence-corrected chi connectivity index (χ1v) is 9.75. The molecule has 0 amide bonds. The lowest BCUT2D eigenvalue weighted by atomic mass is 10.0. The molecule has 0 saturated carbocycles. The SMILES string of the molecule is O=C(c1ccc(CN2CCN(c3ccccc3)CC2)cc1)c1ccc(O)c(F)c1. The van der Waals surface area contributed by atoms with Crippen molar-refractivity contribution in [1.29, 1.82) is 0 Å². The van der Waals surface area contributed by atoms with Crippen LogP contribution in [0.2, 0.25) is 0 Å². The third kappa shape index (κ3) is 4.46. The van der Waals surface area contributed by atoms with Gasteiger partial charge in [0.15, 0.2) is 17.3 Å². The Labute approximate surface area is 169 Å². The molecule has 5 heteroatoms. The minimum absolute atomic E-state index is 0.227. The summed E-state index contributed by atoms with van der Waals surface area (Å²) in [5.74, 6) is -1.50. The van der Waals surface area contributed by atoms with E-state index in [2.05, 4.69) is 34.1 Å². The van der Waals surface area contributed by atoms with Crippen LogP contribution in [0, 0.1) is 5.82 Å². The van der Waals surface area contributed by atoms with E-state index < -0.39 is 11.6 Å². The second kappa shape index (κ2) is 8.45. The van der Waals surface area contributed by atoms with Gasteiger partial charge in [-0.15, -0.1) is 0 Å². The number of para-hydroxylation sites is 1. The largest absolute Gasteiger partial charge is 0.505 e. The lowest BCUT2D eigenvalue weighted by Crippen LogP contribution is -2.45. The summed E-state index contributed by atoms with van der Waals surface area (Å²) in [6.07, 6.45) is 0. The predicted molar refractivity (Wildman–Crippen MR) is 112 cm³/mol. The first-order chi connectivity index (χ1) is 14.1. The molecule has 3 aromatic rings. The van der Waals surface area contributed by atoms with Gasteiger partial charge in [-0.1, -0.05) is 42.5 Å². The van der Waals surface area contributed by atoms with E-state index in [1.807, 2.05) is 18.2 Å². The number of hydrogen-bond acceptors (Lipinski definition) is 4. The van der Waals surface area contributed by atoms with Crippen molar-refractivity contribution >= 4 is 11.5 Å². The van der Waals surface area contributed by atoms with Gasteiger partial charge >= 0.3 is 0 Å². The number of phenolic OH excluding ortho intramolecular Hbond substituents is 1. The Balaban J connectivity index is 1.35. The van der Waals surface area contributed by atoms with Gasteiger partial charge in [-0.25, -0.2) is 4.39 Å². The molecular formula is C24H23FN2O2. The van der Waals surface area contributed by atoms with Crippen LogP contribution >= 0.6 is 0 Å². The number of hydrogen-bond donors (Lipinski definition) is 1. The van der Waals surface area contributed by atoms with Crippen LogP contribution in [0.3, 0.4) is 0 Å². The molecule has 148 valence electrons. The third-order valence-electron chi connectivity index (χ3n) is 5.33. The molecule has 1 saturated heterocycles. The fourth-order valence-electron chi connectivity index (χ4n) is 3.64. The number of carbonyl (C=O) groups is 1. The Morgan fingerprint density at radius 3 is 2.17 bits per heavy atom. The molecule has 3 aromatic carbocycles. The maximum atomic E-state index is 13.5. The van der Waals surface area contributed by atoms with Crippen molar-refractivity contribution < 1.29 is 14.3 Å². The highest BCUT2D eigenvalue weighted by Crippen LogP contribution is 2.20. The fraction of sp³-hybridized carbons (Fsp3) is 0.208. The first-order valence-electron chi connectivity index (χ1n) is 9.75. The third-order valence-corrected chi connectivity index (χ3v) is 5.33. The molecule has 0 unspecified atom stereocenters. The molecule has 0 aliphatic carbocycles. The minimum Gasteiger partial charge on any atom is -0.505 e. The van der Waals surface area contributed by atoms with Crippen molar-refractivity contribution in [2.45, 2.75) is 6.54 Å². The number of carbonyl (C=O) groups excluding carboxylic acids is 1. The van der Waals surface area contributed by atoms with Crippen molar-refractivity contribution in [3.63, 3.8) is 0 Å². The molecule has 1 heterocycles. The Kier molecular flexibility index (Phi) is 5.58. The van der Waals surface area contributed by atoms with Crippen molar-refractivity contribution in [3.05, 3.63) is 95.3 Å². The van der Waals surface area contributed by atoms with E-state index >= 15 is 0 Å².